The van der Waals surface area contributed by atoms with Gasteiger partial charge in [0.2, 0.25) is 0 Å². The van der Waals surface area contributed by atoms with Gasteiger partial charge in [-0.2, -0.15) is 0 Å². The van der Waals surface area contributed by atoms with Gasteiger partial charge in [-0.1, -0.05) is 6.92 Å². The van der Waals surface area contributed by atoms with Gasteiger partial charge in [0.25, 0.3) is 5.91 Å². The van der Waals surface area contributed by atoms with Gasteiger partial charge in [0, 0.05) is 18.7 Å². The molecule has 1 aliphatic rings. The molecule has 0 bridgehead atoms. The van der Waals surface area contributed by atoms with Crippen molar-refractivity contribution >= 4 is 27.8 Å². The number of carboxylic acids is 1. The molecule has 0 saturated carbocycles. The summed E-state index contributed by atoms with van der Waals surface area (Å²) in [6, 6.07) is 4.03. The van der Waals surface area contributed by atoms with Gasteiger partial charge in [0.1, 0.15) is 5.82 Å². The number of rotatable bonds is 2. The highest BCUT2D eigenvalue weighted by molar-refractivity contribution is 9.10. The van der Waals surface area contributed by atoms with Crippen LogP contribution in [-0.4, -0.2) is 35.0 Å². The molecule has 1 saturated heterocycles. The zero-order valence-electron chi connectivity index (χ0n) is 10.3. The third-order valence-electron chi connectivity index (χ3n) is 3.38. The van der Waals surface area contributed by atoms with Crippen LogP contribution in [-0.2, 0) is 4.79 Å². The number of carboxylic acid groups (broad SMARTS) is 1. The molecule has 102 valence electrons. The summed E-state index contributed by atoms with van der Waals surface area (Å²) in [5.41, 5.74) is 0.353. The topological polar surface area (TPSA) is 57.6 Å². The van der Waals surface area contributed by atoms with Gasteiger partial charge in [-0.25, -0.2) is 4.39 Å². The molecule has 2 atom stereocenters. The van der Waals surface area contributed by atoms with Gasteiger partial charge in [-0.05, 0) is 40.0 Å². The monoisotopic (exact) mass is 329 g/mol. The molecule has 6 heteroatoms. The molecule has 1 N–H and O–H groups in total. The second-order valence-corrected chi connectivity index (χ2v) is 5.62. The molecule has 1 heterocycles. The Kier molecular flexibility index (Phi) is 3.89. The Hall–Kier alpha value is -1.43. The fourth-order valence-electron chi connectivity index (χ4n) is 2.27. The number of halogens is 2. The first kappa shape index (κ1) is 14.0. The predicted octanol–water partition coefficient (Wildman–Crippen LogP) is 2.38. The fraction of sp³-hybridized carbons (Fsp3) is 0.385. The van der Waals surface area contributed by atoms with Crippen LogP contribution in [0.2, 0.25) is 0 Å². The van der Waals surface area contributed by atoms with Crippen molar-refractivity contribution in [3.63, 3.8) is 0 Å². The summed E-state index contributed by atoms with van der Waals surface area (Å²) in [7, 11) is 0. The van der Waals surface area contributed by atoms with Crippen molar-refractivity contribution < 1.29 is 19.1 Å². The Morgan fingerprint density at radius 3 is 2.63 bits per heavy atom. The molecule has 0 unspecified atom stereocenters. The minimum Gasteiger partial charge on any atom is -0.481 e. The lowest BCUT2D eigenvalue weighted by atomic mass is 9.99. The van der Waals surface area contributed by atoms with Crippen LogP contribution in [0.15, 0.2) is 22.7 Å². The zero-order valence-corrected chi connectivity index (χ0v) is 11.9. The Morgan fingerprint density at radius 2 is 2.11 bits per heavy atom. The molecule has 0 aliphatic carbocycles. The molecule has 1 fully saturated rings. The van der Waals surface area contributed by atoms with Crippen LogP contribution in [0.5, 0.6) is 0 Å². The minimum absolute atomic E-state index is 0.0784. The molecule has 1 aromatic carbocycles. The second kappa shape index (κ2) is 5.28. The molecule has 0 spiro atoms. The van der Waals surface area contributed by atoms with Gasteiger partial charge in [-0.15, -0.1) is 0 Å². The second-order valence-electron chi connectivity index (χ2n) is 4.76. The fourth-order valence-corrected chi connectivity index (χ4v) is 2.64. The third-order valence-corrected chi connectivity index (χ3v) is 3.99. The van der Waals surface area contributed by atoms with Crippen molar-refractivity contribution in [2.75, 3.05) is 13.1 Å². The van der Waals surface area contributed by atoms with Crippen LogP contribution < -0.4 is 0 Å². The molecule has 0 aromatic heterocycles. The predicted molar refractivity (Wildman–Crippen MR) is 70.3 cm³/mol. The van der Waals surface area contributed by atoms with E-state index in [0.29, 0.717) is 12.1 Å². The summed E-state index contributed by atoms with van der Waals surface area (Å²) in [4.78, 5) is 24.7. The van der Waals surface area contributed by atoms with Crippen LogP contribution in [0.25, 0.3) is 0 Å². The molecule has 1 aliphatic heterocycles. The SMILES string of the molecule is C[C@@H]1CN(C(=O)c2ccc(F)c(Br)c2)C[C@H]1C(=O)O. The molecule has 19 heavy (non-hydrogen) atoms. The van der Waals surface area contributed by atoms with E-state index >= 15 is 0 Å². The van der Waals surface area contributed by atoms with Gasteiger partial charge in [-0.3, -0.25) is 9.59 Å². The molecule has 1 aromatic rings. The Balaban J connectivity index is 2.17. The summed E-state index contributed by atoms with van der Waals surface area (Å²) in [6.07, 6.45) is 0. The average molecular weight is 330 g/mol. The Morgan fingerprint density at radius 1 is 1.42 bits per heavy atom. The third kappa shape index (κ3) is 2.78. The summed E-state index contributed by atoms with van der Waals surface area (Å²) < 4.78 is 13.3. The first-order chi connectivity index (χ1) is 8.90. The molecule has 2 rings (SSSR count). The van der Waals surface area contributed by atoms with Gasteiger partial charge < -0.3 is 10.0 Å². The van der Waals surface area contributed by atoms with E-state index in [4.69, 9.17) is 5.11 Å². The van der Waals surface area contributed by atoms with E-state index in [-0.39, 0.29) is 22.8 Å². The van der Waals surface area contributed by atoms with Crippen molar-refractivity contribution in [2.45, 2.75) is 6.92 Å². The molecule has 4 nitrogen and oxygen atoms in total. The van der Waals surface area contributed by atoms with Crippen molar-refractivity contribution in [1.82, 2.24) is 4.90 Å². The van der Waals surface area contributed by atoms with Crippen molar-refractivity contribution in [2.24, 2.45) is 11.8 Å². The molecular formula is C13H13BrFNO3. The van der Waals surface area contributed by atoms with E-state index in [2.05, 4.69) is 15.9 Å². The summed E-state index contributed by atoms with van der Waals surface area (Å²) in [6.45, 7) is 2.42. The van der Waals surface area contributed by atoms with Gasteiger partial charge in [0.05, 0.1) is 10.4 Å². The van der Waals surface area contributed by atoms with Crippen LogP contribution in [0, 0.1) is 17.7 Å². The van der Waals surface area contributed by atoms with Gasteiger partial charge >= 0.3 is 5.97 Å². The number of aliphatic carboxylic acids is 1. The molecular weight excluding hydrogens is 317 g/mol. The Bertz CT molecular complexity index is 535. The number of hydrogen-bond donors (Lipinski definition) is 1. The standard InChI is InChI=1S/C13H13BrFNO3/c1-7-5-16(6-9(7)13(18)19)12(17)8-2-3-11(15)10(14)4-8/h2-4,7,9H,5-6H2,1H3,(H,18,19)/t7-,9-/m1/s1. The van der Waals surface area contributed by atoms with E-state index in [1.807, 2.05) is 6.92 Å². The number of nitrogens with zero attached hydrogens (tertiary/aromatic N) is 1. The first-order valence-electron chi connectivity index (χ1n) is 5.87. The smallest absolute Gasteiger partial charge is 0.308 e. The molecule has 1 amide bonds. The highest BCUT2D eigenvalue weighted by Gasteiger charge is 2.37. The first-order valence-corrected chi connectivity index (χ1v) is 6.66. The average Bonchev–Trinajstić information content (AvgIpc) is 2.74. The van der Waals surface area contributed by atoms with Crippen LogP contribution >= 0.6 is 15.9 Å². The zero-order chi connectivity index (χ0) is 14.2. The summed E-state index contributed by atoms with van der Waals surface area (Å²) in [5, 5.41) is 9.04. The maximum atomic E-state index is 13.1. The van der Waals surface area contributed by atoms with Crippen molar-refractivity contribution in [3.05, 3.63) is 34.1 Å². The highest BCUT2D eigenvalue weighted by atomic mass is 79.9. The van der Waals surface area contributed by atoms with E-state index in [0.717, 1.165) is 0 Å². The van der Waals surface area contributed by atoms with Crippen LogP contribution in [0.4, 0.5) is 4.39 Å². The summed E-state index contributed by atoms with van der Waals surface area (Å²) >= 11 is 3.03. The quantitative estimate of drug-likeness (QED) is 0.906. The normalized spacial score (nSPS) is 22.6. The van der Waals surface area contributed by atoms with E-state index in [9.17, 15) is 14.0 Å². The summed E-state index contributed by atoms with van der Waals surface area (Å²) in [5.74, 6) is -2.20. The van der Waals surface area contributed by atoms with Gasteiger partial charge in [0.15, 0.2) is 0 Å². The van der Waals surface area contributed by atoms with E-state index < -0.39 is 17.7 Å². The number of carbonyl (C=O) groups is 2. The maximum absolute atomic E-state index is 13.1. The van der Waals surface area contributed by atoms with E-state index in [1.165, 1.54) is 23.1 Å². The van der Waals surface area contributed by atoms with E-state index in [1.54, 1.807) is 0 Å². The van der Waals surface area contributed by atoms with Crippen LogP contribution in [0.3, 0.4) is 0 Å². The molecule has 0 radical (unpaired) electrons. The lowest BCUT2D eigenvalue weighted by Crippen LogP contribution is -2.29. The number of carbonyl (C=O) groups excluding carboxylic acids is 1. The highest BCUT2D eigenvalue weighted by Crippen LogP contribution is 2.25. The lowest BCUT2D eigenvalue weighted by Gasteiger charge is -2.16. The van der Waals surface area contributed by atoms with Crippen molar-refractivity contribution in [3.8, 4) is 0 Å². The number of benzene rings is 1. The lowest BCUT2D eigenvalue weighted by molar-refractivity contribution is -0.142. The largest absolute Gasteiger partial charge is 0.481 e. The number of likely N-dealkylation sites (tertiary alicyclic amines) is 1. The Labute approximate surface area is 118 Å². The number of hydrogen-bond acceptors (Lipinski definition) is 2. The minimum atomic E-state index is -0.886. The van der Waals surface area contributed by atoms with Crippen LogP contribution in [0.1, 0.15) is 17.3 Å². The van der Waals surface area contributed by atoms with Crippen molar-refractivity contribution in [1.29, 1.82) is 0 Å². The number of amides is 1. The maximum Gasteiger partial charge on any atom is 0.308 e.